The zero-order valence-corrected chi connectivity index (χ0v) is 12.2. The van der Waals surface area contributed by atoms with Gasteiger partial charge in [0.1, 0.15) is 12.2 Å². The average molecular weight is 317 g/mol. The molecule has 0 aliphatic carbocycles. The summed E-state index contributed by atoms with van der Waals surface area (Å²) < 4.78 is 47.6. The second-order valence-corrected chi connectivity index (χ2v) is 5.18. The Balaban J connectivity index is 1.94. The standard InChI is InChI=1S/C15H18F3NO3/c1-21-12-4-2-3-11(7-12)8-13-10-19(5-6-22-13)14(20)9-15(16,17)18/h2-4,7,13H,5-6,8-10H2,1H3/t13-/m1/s1. The van der Waals surface area contributed by atoms with Gasteiger partial charge in [0.15, 0.2) is 0 Å². The molecule has 1 aromatic carbocycles. The summed E-state index contributed by atoms with van der Waals surface area (Å²) in [6.07, 6.45) is -5.68. The number of morpholine rings is 1. The fraction of sp³-hybridized carbons (Fsp3) is 0.533. The highest BCUT2D eigenvalue weighted by molar-refractivity contribution is 5.77. The van der Waals surface area contributed by atoms with E-state index < -0.39 is 18.5 Å². The van der Waals surface area contributed by atoms with E-state index in [1.54, 1.807) is 7.11 Å². The average Bonchev–Trinajstić information content (AvgIpc) is 2.46. The summed E-state index contributed by atoms with van der Waals surface area (Å²) in [4.78, 5) is 12.9. The maximum Gasteiger partial charge on any atom is 0.397 e. The number of amides is 1. The van der Waals surface area contributed by atoms with Crippen molar-refractivity contribution in [2.45, 2.75) is 25.1 Å². The summed E-state index contributed by atoms with van der Waals surface area (Å²) in [5, 5.41) is 0. The Labute approximate surface area is 126 Å². The van der Waals surface area contributed by atoms with Crippen LogP contribution in [0.5, 0.6) is 5.75 Å². The molecule has 122 valence electrons. The SMILES string of the molecule is COc1cccc(C[C@@H]2CN(C(=O)CC(F)(F)F)CCO2)c1. The predicted molar refractivity (Wildman–Crippen MR) is 73.7 cm³/mol. The normalized spacial score (nSPS) is 19.1. The van der Waals surface area contributed by atoms with Gasteiger partial charge in [0, 0.05) is 19.5 Å². The van der Waals surface area contributed by atoms with Crippen LogP contribution in [0.3, 0.4) is 0 Å². The summed E-state index contributed by atoms with van der Waals surface area (Å²) in [7, 11) is 1.56. The minimum absolute atomic E-state index is 0.173. The van der Waals surface area contributed by atoms with E-state index in [0.29, 0.717) is 12.2 Å². The highest BCUT2D eigenvalue weighted by atomic mass is 19.4. The number of benzene rings is 1. The molecular weight excluding hydrogens is 299 g/mol. The van der Waals surface area contributed by atoms with Crippen LogP contribution in [-0.4, -0.2) is 49.9 Å². The number of carbonyl (C=O) groups is 1. The van der Waals surface area contributed by atoms with Gasteiger partial charge in [-0.25, -0.2) is 0 Å². The van der Waals surface area contributed by atoms with Gasteiger partial charge in [-0.1, -0.05) is 12.1 Å². The van der Waals surface area contributed by atoms with Crippen LogP contribution in [0.4, 0.5) is 13.2 Å². The molecule has 2 rings (SSSR count). The van der Waals surface area contributed by atoms with E-state index >= 15 is 0 Å². The lowest BCUT2D eigenvalue weighted by atomic mass is 10.1. The Bertz CT molecular complexity index is 519. The molecule has 22 heavy (non-hydrogen) atoms. The third-order valence-electron chi connectivity index (χ3n) is 3.44. The van der Waals surface area contributed by atoms with Gasteiger partial charge in [-0.05, 0) is 17.7 Å². The van der Waals surface area contributed by atoms with Crippen LogP contribution in [-0.2, 0) is 16.0 Å². The monoisotopic (exact) mass is 317 g/mol. The lowest BCUT2D eigenvalue weighted by molar-refractivity contribution is -0.166. The molecule has 1 aliphatic heterocycles. The molecule has 4 nitrogen and oxygen atoms in total. The van der Waals surface area contributed by atoms with Crippen molar-refractivity contribution in [2.24, 2.45) is 0 Å². The maximum atomic E-state index is 12.3. The first-order chi connectivity index (χ1) is 10.4. The molecule has 1 aliphatic rings. The zero-order chi connectivity index (χ0) is 16.2. The van der Waals surface area contributed by atoms with Gasteiger partial charge in [-0.3, -0.25) is 4.79 Å². The molecule has 1 atom stereocenters. The van der Waals surface area contributed by atoms with Crippen LogP contribution in [0.25, 0.3) is 0 Å². The second-order valence-electron chi connectivity index (χ2n) is 5.18. The van der Waals surface area contributed by atoms with E-state index in [4.69, 9.17) is 9.47 Å². The number of hydrogen-bond acceptors (Lipinski definition) is 3. The maximum absolute atomic E-state index is 12.3. The smallest absolute Gasteiger partial charge is 0.397 e. The lowest BCUT2D eigenvalue weighted by Crippen LogP contribution is -2.47. The van der Waals surface area contributed by atoms with Crippen molar-refractivity contribution in [3.8, 4) is 5.75 Å². The van der Waals surface area contributed by atoms with Crippen LogP contribution < -0.4 is 4.74 Å². The number of alkyl halides is 3. The van der Waals surface area contributed by atoms with Crippen LogP contribution in [0, 0.1) is 0 Å². The second kappa shape index (κ2) is 7.00. The summed E-state index contributed by atoms with van der Waals surface area (Å²) >= 11 is 0. The minimum Gasteiger partial charge on any atom is -0.497 e. The topological polar surface area (TPSA) is 38.8 Å². The predicted octanol–water partition coefficient (Wildman–Crippen LogP) is 2.42. The first kappa shape index (κ1) is 16.6. The fourth-order valence-electron chi connectivity index (χ4n) is 2.41. The number of carbonyl (C=O) groups excluding carboxylic acids is 1. The number of hydrogen-bond donors (Lipinski definition) is 0. The highest BCUT2D eigenvalue weighted by Crippen LogP contribution is 2.22. The Morgan fingerprint density at radius 1 is 1.45 bits per heavy atom. The van der Waals surface area contributed by atoms with Crippen molar-refractivity contribution in [2.75, 3.05) is 26.8 Å². The van der Waals surface area contributed by atoms with E-state index in [0.717, 1.165) is 5.56 Å². The molecule has 1 heterocycles. The van der Waals surface area contributed by atoms with E-state index in [9.17, 15) is 18.0 Å². The molecule has 0 spiro atoms. The van der Waals surface area contributed by atoms with Crippen molar-refractivity contribution >= 4 is 5.91 Å². The number of methoxy groups -OCH3 is 1. The summed E-state index contributed by atoms with van der Waals surface area (Å²) in [5.74, 6) is -0.190. The quantitative estimate of drug-likeness (QED) is 0.856. The van der Waals surface area contributed by atoms with Gasteiger partial charge < -0.3 is 14.4 Å². The molecule has 0 saturated carbocycles. The van der Waals surface area contributed by atoms with Gasteiger partial charge in [-0.2, -0.15) is 13.2 Å². The third kappa shape index (κ3) is 4.91. The molecule has 0 aromatic heterocycles. The van der Waals surface area contributed by atoms with Gasteiger partial charge in [0.05, 0.1) is 19.8 Å². The first-order valence-corrected chi connectivity index (χ1v) is 6.96. The number of nitrogens with zero attached hydrogens (tertiary/aromatic N) is 1. The molecule has 0 N–H and O–H groups in total. The van der Waals surface area contributed by atoms with Crippen molar-refractivity contribution in [1.82, 2.24) is 4.90 Å². The molecule has 1 amide bonds. The largest absolute Gasteiger partial charge is 0.497 e. The fourth-order valence-corrected chi connectivity index (χ4v) is 2.41. The Kier molecular flexibility index (Phi) is 5.28. The molecule has 1 aromatic rings. The van der Waals surface area contributed by atoms with Crippen molar-refractivity contribution in [1.29, 1.82) is 0 Å². The van der Waals surface area contributed by atoms with E-state index in [-0.39, 0.29) is 25.8 Å². The Hall–Kier alpha value is -1.76. The van der Waals surface area contributed by atoms with E-state index in [2.05, 4.69) is 0 Å². The summed E-state index contributed by atoms with van der Waals surface area (Å²) in [6.45, 7) is 0.619. The summed E-state index contributed by atoms with van der Waals surface area (Å²) in [6, 6.07) is 7.39. The van der Waals surface area contributed by atoms with E-state index in [1.165, 1.54) is 4.90 Å². The van der Waals surface area contributed by atoms with Crippen LogP contribution in [0.2, 0.25) is 0 Å². The van der Waals surface area contributed by atoms with Gasteiger partial charge in [-0.15, -0.1) is 0 Å². The Morgan fingerprint density at radius 2 is 2.23 bits per heavy atom. The minimum atomic E-state index is -4.47. The third-order valence-corrected chi connectivity index (χ3v) is 3.44. The van der Waals surface area contributed by atoms with Crippen molar-refractivity contribution in [3.63, 3.8) is 0 Å². The molecule has 1 saturated heterocycles. The van der Waals surface area contributed by atoms with Crippen molar-refractivity contribution < 1.29 is 27.4 Å². The Morgan fingerprint density at radius 3 is 2.91 bits per heavy atom. The van der Waals surface area contributed by atoms with Crippen molar-refractivity contribution in [3.05, 3.63) is 29.8 Å². The number of rotatable bonds is 4. The molecule has 0 unspecified atom stereocenters. The van der Waals surface area contributed by atoms with Gasteiger partial charge >= 0.3 is 6.18 Å². The number of ether oxygens (including phenoxy) is 2. The highest BCUT2D eigenvalue weighted by Gasteiger charge is 2.35. The van der Waals surface area contributed by atoms with Crippen LogP contribution >= 0.6 is 0 Å². The van der Waals surface area contributed by atoms with Crippen LogP contribution in [0.1, 0.15) is 12.0 Å². The molecule has 0 bridgehead atoms. The lowest BCUT2D eigenvalue weighted by Gasteiger charge is -2.33. The van der Waals surface area contributed by atoms with E-state index in [1.807, 2.05) is 24.3 Å². The van der Waals surface area contributed by atoms with Gasteiger partial charge in [0.2, 0.25) is 5.91 Å². The molecule has 0 radical (unpaired) electrons. The zero-order valence-electron chi connectivity index (χ0n) is 12.2. The molecule has 7 heteroatoms. The number of halogens is 3. The molecule has 1 fully saturated rings. The summed E-state index contributed by atoms with van der Waals surface area (Å²) in [5.41, 5.74) is 0.953. The van der Waals surface area contributed by atoms with Crippen LogP contribution in [0.15, 0.2) is 24.3 Å². The van der Waals surface area contributed by atoms with Gasteiger partial charge in [0.25, 0.3) is 0 Å². The molecular formula is C15H18F3NO3. The first-order valence-electron chi connectivity index (χ1n) is 6.96.